The third-order valence-electron chi connectivity index (χ3n) is 2.16. The monoisotopic (exact) mass is 328 g/mol. The van der Waals surface area contributed by atoms with E-state index in [1.165, 1.54) is 4.88 Å². The molecule has 1 aromatic rings. The van der Waals surface area contributed by atoms with Crippen LogP contribution in [0.5, 0.6) is 0 Å². The minimum absolute atomic E-state index is 0.0400. The Kier molecular flexibility index (Phi) is 7.14. The van der Waals surface area contributed by atoms with E-state index in [0.29, 0.717) is 6.42 Å². The van der Waals surface area contributed by atoms with Gasteiger partial charge < -0.3 is 4.74 Å². The van der Waals surface area contributed by atoms with Gasteiger partial charge in [0.05, 0.1) is 0 Å². The van der Waals surface area contributed by atoms with Crippen LogP contribution >= 0.6 is 27.3 Å². The summed E-state index contributed by atoms with van der Waals surface area (Å²) in [7, 11) is 0. The average molecular weight is 329 g/mol. The molecule has 0 fully saturated rings. The highest BCUT2D eigenvalue weighted by atomic mass is 79.9. The fourth-order valence-electron chi connectivity index (χ4n) is 1.35. The van der Waals surface area contributed by atoms with Crippen LogP contribution in [0.3, 0.4) is 0 Å². The number of hydrogen-bond acceptors (Lipinski definition) is 4. The van der Waals surface area contributed by atoms with Crippen LogP contribution in [0.2, 0.25) is 0 Å². The van der Waals surface area contributed by atoms with E-state index in [1.54, 1.807) is 11.3 Å². The van der Waals surface area contributed by atoms with Crippen LogP contribution < -0.4 is 11.3 Å². The van der Waals surface area contributed by atoms with Gasteiger partial charge in [-0.1, -0.05) is 0 Å². The molecule has 98 valence electrons. The van der Waals surface area contributed by atoms with Crippen molar-refractivity contribution in [2.24, 2.45) is 5.84 Å². The van der Waals surface area contributed by atoms with Gasteiger partial charge in [-0.25, -0.2) is 8.78 Å². The lowest BCUT2D eigenvalue weighted by atomic mass is 10.1. The SMILES string of the molecule is NNC(CCOCC(F)F)Cc1cc(Br)cs1. The summed E-state index contributed by atoms with van der Waals surface area (Å²) in [6.07, 6.45) is -1.03. The summed E-state index contributed by atoms with van der Waals surface area (Å²) < 4.78 is 29.5. The molecule has 1 rings (SSSR count). The van der Waals surface area contributed by atoms with Crippen LogP contribution in [0.4, 0.5) is 8.78 Å². The Bertz CT molecular complexity index is 325. The maximum atomic E-state index is 11.8. The van der Waals surface area contributed by atoms with Crippen molar-refractivity contribution in [3.63, 3.8) is 0 Å². The summed E-state index contributed by atoms with van der Waals surface area (Å²) in [4.78, 5) is 1.19. The van der Waals surface area contributed by atoms with Gasteiger partial charge in [0.2, 0.25) is 0 Å². The van der Waals surface area contributed by atoms with E-state index < -0.39 is 13.0 Å². The lowest BCUT2D eigenvalue weighted by Crippen LogP contribution is -2.37. The topological polar surface area (TPSA) is 47.3 Å². The van der Waals surface area contributed by atoms with Gasteiger partial charge in [0, 0.05) is 27.4 Å². The lowest BCUT2D eigenvalue weighted by molar-refractivity contribution is 0.0144. The highest BCUT2D eigenvalue weighted by Crippen LogP contribution is 2.21. The third kappa shape index (κ3) is 6.42. The van der Waals surface area contributed by atoms with Crippen molar-refractivity contribution in [2.45, 2.75) is 25.3 Å². The first-order chi connectivity index (χ1) is 8.11. The van der Waals surface area contributed by atoms with Gasteiger partial charge in [0.1, 0.15) is 6.61 Å². The van der Waals surface area contributed by atoms with Gasteiger partial charge in [0.25, 0.3) is 6.43 Å². The highest BCUT2D eigenvalue weighted by molar-refractivity contribution is 9.10. The molecule has 7 heteroatoms. The molecule has 0 bridgehead atoms. The Labute approximate surface area is 111 Å². The molecular weight excluding hydrogens is 314 g/mol. The second kappa shape index (κ2) is 8.10. The minimum Gasteiger partial charge on any atom is -0.375 e. The maximum absolute atomic E-state index is 11.8. The molecule has 1 unspecified atom stereocenters. The first-order valence-corrected chi connectivity index (χ1v) is 6.84. The molecule has 3 nitrogen and oxygen atoms in total. The summed E-state index contributed by atoms with van der Waals surface area (Å²) in [6.45, 7) is -0.229. The number of hydrogen-bond donors (Lipinski definition) is 2. The summed E-state index contributed by atoms with van der Waals surface area (Å²) >= 11 is 5.01. The van der Waals surface area contributed by atoms with Crippen LogP contribution in [-0.2, 0) is 11.2 Å². The molecule has 0 saturated carbocycles. The second-order valence-corrected chi connectivity index (χ2v) is 5.47. The van der Waals surface area contributed by atoms with Gasteiger partial charge in [-0.05, 0) is 34.8 Å². The van der Waals surface area contributed by atoms with Crippen molar-refractivity contribution in [2.75, 3.05) is 13.2 Å². The van der Waals surface area contributed by atoms with Crippen molar-refractivity contribution >= 4 is 27.3 Å². The van der Waals surface area contributed by atoms with Crippen molar-refractivity contribution in [3.05, 3.63) is 20.8 Å². The fourth-order valence-corrected chi connectivity index (χ4v) is 2.88. The van der Waals surface area contributed by atoms with Crippen LogP contribution in [0.1, 0.15) is 11.3 Å². The Morgan fingerprint density at radius 1 is 1.53 bits per heavy atom. The van der Waals surface area contributed by atoms with Crippen LogP contribution in [0, 0.1) is 0 Å². The van der Waals surface area contributed by atoms with E-state index in [1.807, 2.05) is 11.4 Å². The standard InChI is InChI=1S/C10H15BrF2N2OS/c11-7-3-9(17-6-7)4-8(15-14)1-2-16-5-10(12)13/h3,6,8,10,15H,1-2,4-5,14H2. The zero-order valence-electron chi connectivity index (χ0n) is 9.17. The van der Waals surface area contributed by atoms with Crippen LogP contribution in [0.15, 0.2) is 15.9 Å². The number of rotatable bonds is 8. The summed E-state index contributed by atoms with van der Waals surface area (Å²) in [5, 5.41) is 2.00. The maximum Gasteiger partial charge on any atom is 0.261 e. The molecule has 1 aromatic heterocycles. The molecule has 17 heavy (non-hydrogen) atoms. The molecule has 0 aliphatic heterocycles. The number of hydrazine groups is 1. The summed E-state index contributed by atoms with van der Waals surface area (Å²) in [5.74, 6) is 5.41. The average Bonchev–Trinajstić information content (AvgIpc) is 2.68. The van der Waals surface area contributed by atoms with Gasteiger partial charge in [0.15, 0.2) is 0 Å². The molecule has 1 atom stereocenters. The molecule has 0 spiro atoms. The molecule has 1 heterocycles. The summed E-state index contributed by atoms with van der Waals surface area (Å²) in [5.41, 5.74) is 2.67. The zero-order chi connectivity index (χ0) is 12.7. The fraction of sp³-hybridized carbons (Fsp3) is 0.600. The first-order valence-electron chi connectivity index (χ1n) is 5.16. The molecule has 0 amide bonds. The van der Waals surface area contributed by atoms with Crippen molar-refractivity contribution in [1.29, 1.82) is 0 Å². The largest absolute Gasteiger partial charge is 0.375 e. The molecule has 0 saturated heterocycles. The number of alkyl halides is 2. The van der Waals surface area contributed by atoms with Crippen molar-refractivity contribution in [1.82, 2.24) is 5.43 Å². The zero-order valence-corrected chi connectivity index (χ0v) is 11.6. The van der Waals surface area contributed by atoms with Crippen molar-refractivity contribution < 1.29 is 13.5 Å². The predicted molar refractivity (Wildman–Crippen MR) is 68.3 cm³/mol. The van der Waals surface area contributed by atoms with E-state index in [9.17, 15) is 8.78 Å². The highest BCUT2D eigenvalue weighted by Gasteiger charge is 2.10. The Morgan fingerprint density at radius 3 is 2.82 bits per heavy atom. The Balaban J connectivity index is 2.24. The van der Waals surface area contributed by atoms with Crippen LogP contribution in [-0.4, -0.2) is 25.7 Å². The van der Waals surface area contributed by atoms with E-state index in [4.69, 9.17) is 10.6 Å². The number of thiophene rings is 1. The second-order valence-electron chi connectivity index (χ2n) is 3.55. The molecule has 0 aliphatic rings. The van der Waals surface area contributed by atoms with Gasteiger partial charge in [-0.2, -0.15) is 0 Å². The van der Waals surface area contributed by atoms with Gasteiger partial charge in [-0.3, -0.25) is 11.3 Å². The summed E-state index contributed by atoms with van der Waals surface area (Å²) in [6, 6.07) is 2.06. The van der Waals surface area contributed by atoms with Crippen molar-refractivity contribution in [3.8, 4) is 0 Å². The number of ether oxygens (including phenoxy) is 1. The van der Waals surface area contributed by atoms with E-state index >= 15 is 0 Å². The smallest absolute Gasteiger partial charge is 0.261 e. The minimum atomic E-state index is -2.41. The lowest BCUT2D eigenvalue weighted by Gasteiger charge is -2.14. The molecule has 0 aliphatic carbocycles. The quantitative estimate of drug-likeness (QED) is 0.438. The van der Waals surface area contributed by atoms with E-state index in [0.717, 1.165) is 10.9 Å². The van der Waals surface area contributed by atoms with Gasteiger partial charge in [-0.15, -0.1) is 11.3 Å². The Hall–Kier alpha value is -0.0800. The van der Waals surface area contributed by atoms with Crippen LogP contribution in [0.25, 0.3) is 0 Å². The number of nitrogens with two attached hydrogens (primary N) is 1. The van der Waals surface area contributed by atoms with Gasteiger partial charge >= 0.3 is 0 Å². The first kappa shape index (κ1) is 15.0. The molecule has 3 N–H and O–H groups in total. The normalized spacial score (nSPS) is 13.2. The molecule has 0 aromatic carbocycles. The third-order valence-corrected chi connectivity index (χ3v) is 3.88. The van der Waals surface area contributed by atoms with E-state index in [-0.39, 0.29) is 12.6 Å². The number of nitrogens with one attached hydrogen (secondary N) is 1. The van der Waals surface area contributed by atoms with E-state index in [2.05, 4.69) is 21.4 Å². The predicted octanol–water partition coefficient (Wildman–Crippen LogP) is 2.56. The number of halogens is 3. The molecule has 0 radical (unpaired) electrons. The molecular formula is C10H15BrF2N2OS. The Morgan fingerprint density at radius 2 is 2.29 bits per heavy atom.